The van der Waals surface area contributed by atoms with Crippen LogP contribution >= 0.6 is 23.2 Å². The minimum atomic E-state index is -0.815. The van der Waals surface area contributed by atoms with Gasteiger partial charge in [0.05, 0.1) is 22.4 Å². The maximum atomic E-state index is 14.1. The molecule has 0 aliphatic heterocycles. The molecule has 32 heavy (non-hydrogen) atoms. The van der Waals surface area contributed by atoms with E-state index in [0.717, 1.165) is 0 Å². The molecule has 0 saturated carbocycles. The topological polar surface area (TPSA) is 52.6 Å². The van der Waals surface area contributed by atoms with Crippen molar-refractivity contribution < 1.29 is 27.8 Å². The van der Waals surface area contributed by atoms with Gasteiger partial charge in [-0.2, -0.15) is 0 Å². The number of benzene rings is 2. The lowest BCUT2D eigenvalue weighted by molar-refractivity contribution is -0.163. The number of esters is 2. The monoisotopic (exact) mass is 486 g/mol. The van der Waals surface area contributed by atoms with Gasteiger partial charge < -0.3 is 9.47 Å². The summed E-state index contributed by atoms with van der Waals surface area (Å²) in [5.74, 6) is -3.92. The minimum Gasteiger partial charge on any atom is -0.461 e. The van der Waals surface area contributed by atoms with Crippen LogP contribution in [0.5, 0.6) is 0 Å². The van der Waals surface area contributed by atoms with Gasteiger partial charge in [-0.3, -0.25) is 9.59 Å². The first-order valence-electron chi connectivity index (χ1n) is 10.1. The predicted molar refractivity (Wildman–Crippen MR) is 120 cm³/mol. The second-order valence-electron chi connectivity index (χ2n) is 8.66. The first-order chi connectivity index (χ1) is 14.8. The van der Waals surface area contributed by atoms with Crippen LogP contribution < -0.4 is 0 Å². The Morgan fingerprint density at radius 2 is 1.41 bits per heavy atom. The SMILES string of the molecule is C[C@H](CC(=O)OC(C)(C)C)C(=O)O[C@@H](C)C(c1ccc(Cl)c(F)c1)c1ccc(Cl)c(F)c1. The zero-order chi connectivity index (χ0) is 24.2. The molecule has 0 saturated heterocycles. The van der Waals surface area contributed by atoms with Crippen molar-refractivity contribution in [3.63, 3.8) is 0 Å². The van der Waals surface area contributed by atoms with Gasteiger partial charge in [0.25, 0.3) is 0 Å². The average Bonchev–Trinajstić information content (AvgIpc) is 2.66. The largest absolute Gasteiger partial charge is 0.461 e. The molecule has 0 amide bonds. The lowest BCUT2D eigenvalue weighted by Crippen LogP contribution is -2.30. The van der Waals surface area contributed by atoms with E-state index in [-0.39, 0.29) is 16.5 Å². The van der Waals surface area contributed by atoms with Crippen molar-refractivity contribution in [1.29, 1.82) is 0 Å². The van der Waals surface area contributed by atoms with Crippen molar-refractivity contribution in [3.8, 4) is 0 Å². The Hall–Kier alpha value is -2.18. The van der Waals surface area contributed by atoms with Crippen molar-refractivity contribution in [3.05, 3.63) is 69.2 Å². The first kappa shape index (κ1) is 26.1. The summed E-state index contributed by atoms with van der Waals surface area (Å²) in [5, 5.41) is -0.129. The molecule has 8 heteroatoms. The van der Waals surface area contributed by atoms with E-state index in [1.165, 1.54) is 24.3 Å². The Bertz CT molecular complexity index is 937. The van der Waals surface area contributed by atoms with Crippen LogP contribution in [0.1, 0.15) is 58.1 Å². The maximum Gasteiger partial charge on any atom is 0.309 e. The van der Waals surface area contributed by atoms with Crippen LogP contribution in [0.25, 0.3) is 0 Å². The number of halogens is 4. The number of rotatable bonds is 7. The van der Waals surface area contributed by atoms with Crippen LogP contribution in [-0.4, -0.2) is 23.6 Å². The van der Waals surface area contributed by atoms with E-state index in [4.69, 9.17) is 32.7 Å². The van der Waals surface area contributed by atoms with E-state index < -0.39 is 47.1 Å². The highest BCUT2D eigenvalue weighted by molar-refractivity contribution is 6.31. The summed E-state index contributed by atoms with van der Waals surface area (Å²) in [6, 6.07) is 8.35. The summed E-state index contributed by atoms with van der Waals surface area (Å²) >= 11 is 11.6. The van der Waals surface area contributed by atoms with E-state index in [1.54, 1.807) is 46.8 Å². The van der Waals surface area contributed by atoms with Crippen molar-refractivity contribution >= 4 is 35.1 Å². The molecule has 0 radical (unpaired) electrons. The molecule has 0 aromatic heterocycles. The number of carbonyl (C=O) groups excluding carboxylic acids is 2. The molecule has 0 N–H and O–H groups in total. The molecule has 0 heterocycles. The highest BCUT2D eigenvalue weighted by Crippen LogP contribution is 2.34. The van der Waals surface area contributed by atoms with Crippen LogP contribution in [0, 0.1) is 17.6 Å². The van der Waals surface area contributed by atoms with Gasteiger partial charge in [-0.15, -0.1) is 0 Å². The second kappa shape index (κ2) is 10.6. The Morgan fingerprint density at radius 3 is 1.81 bits per heavy atom. The molecule has 0 bridgehead atoms. The molecule has 2 atom stereocenters. The van der Waals surface area contributed by atoms with Crippen LogP contribution in [0.2, 0.25) is 10.0 Å². The summed E-state index contributed by atoms with van der Waals surface area (Å²) < 4.78 is 39.1. The van der Waals surface area contributed by atoms with Crippen LogP contribution in [-0.2, 0) is 19.1 Å². The van der Waals surface area contributed by atoms with Crippen LogP contribution in [0.3, 0.4) is 0 Å². The Balaban J connectivity index is 2.27. The molecule has 0 aliphatic rings. The first-order valence-corrected chi connectivity index (χ1v) is 10.9. The zero-order valence-corrected chi connectivity index (χ0v) is 20.1. The quantitative estimate of drug-likeness (QED) is 0.408. The normalized spacial score (nSPS) is 13.6. The van der Waals surface area contributed by atoms with Gasteiger partial charge >= 0.3 is 11.9 Å². The van der Waals surface area contributed by atoms with E-state index >= 15 is 0 Å². The van der Waals surface area contributed by atoms with Gasteiger partial charge in [0.2, 0.25) is 0 Å². The van der Waals surface area contributed by atoms with Crippen LogP contribution in [0.4, 0.5) is 8.78 Å². The fourth-order valence-electron chi connectivity index (χ4n) is 3.23. The molecule has 0 fully saturated rings. The third-order valence-corrected chi connectivity index (χ3v) is 5.29. The molecule has 0 spiro atoms. The summed E-state index contributed by atoms with van der Waals surface area (Å²) in [4.78, 5) is 24.7. The number of ether oxygens (including phenoxy) is 2. The summed E-state index contributed by atoms with van der Waals surface area (Å²) in [7, 11) is 0. The lowest BCUT2D eigenvalue weighted by atomic mass is 9.87. The molecule has 0 unspecified atom stereocenters. The molecule has 174 valence electrons. The standard InChI is InChI=1S/C24H26Cl2F2O4/c1-13(10-21(29)32-24(3,4)5)23(30)31-14(2)22(15-6-8-17(25)19(27)11-15)16-7-9-18(26)20(28)12-16/h6-9,11-14,22H,10H2,1-5H3/t13-,14+/m1/s1. The summed E-state index contributed by atoms with van der Waals surface area (Å²) in [6.07, 6.45) is -0.969. The molecular weight excluding hydrogens is 461 g/mol. The van der Waals surface area contributed by atoms with E-state index in [2.05, 4.69) is 0 Å². The number of carbonyl (C=O) groups is 2. The lowest BCUT2D eigenvalue weighted by Gasteiger charge is -2.27. The summed E-state index contributed by atoms with van der Waals surface area (Å²) in [6.45, 7) is 8.37. The van der Waals surface area contributed by atoms with Gasteiger partial charge in [0.15, 0.2) is 0 Å². The van der Waals surface area contributed by atoms with E-state index in [1.807, 2.05) is 0 Å². The Morgan fingerprint density at radius 1 is 0.938 bits per heavy atom. The molecule has 2 aromatic carbocycles. The third kappa shape index (κ3) is 7.17. The van der Waals surface area contributed by atoms with Crippen molar-refractivity contribution in [2.75, 3.05) is 0 Å². The minimum absolute atomic E-state index is 0.0644. The second-order valence-corrected chi connectivity index (χ2v) is 9.47. The van der Waals surface area contributed by atoms with E-state index in [0.29, 0.717) is 11.1 Å². The predicted octanol–water partition coefficient (Wildman–Crippen LogP) is 6.70. The highest BCUT2D eigenvalue weighted by Gasteiger charge is 2.29. The van der Waals surface area contributed by atoms with Crippen molar-refractivity contribution in [2.24, 2.45) is 5.92 Å². The van der Waals surface area contributed by atoms with Gasteiger partial charge in [0, 0.05) is 5.92 Å². The van der Waals surface area contributed by atoms with Gasteiger partial charge in [0.1, 0.15) is 23.3 Å². The number of hydrogen-bond donors (Lipinski definition) is 0. The number of hydrogen-bond acceptors (Lipinski definition) is 4. The third-order valence-electron chi connectivity index (χ3n) is 4.67. The molecular formula is C24H26Cl2F2O4. The average molecular weight is 487 g/mol. The fourth-order valence-corrected chi connectivity index (χ4v) is 3.47. The highest BCUT2D eigenvalue weighted by atomic mass is 35.5. The smallest absolute Gasteiger partial charge is 0.309 e. The van der Waals surface area contributed by atoms with Gasteiger partial charge in [-0.1, -0.05) is 42.3 Å². The molecule has 4 nitrogen and oxygen atoms in total. The van der Waals surface area contributed by atoms with Gasteiger partial charge in [-0.25, -0.2) is 8.78 Å². The van der Waals surface area contributed by atoms with Crippen molar-refractivity contribution in [1.82, 2.24) is 0 Å². The maximum absolute atomic E-state index is 14.1. The fraction of sp³-hybridized carbons (Fsp3) is 0.417. The molecule has 2 rings (SSSR count). The zero-order valence-electron chi connectivity index (χ0n) is 18.5. The molecule has 2 aromatic rings. The molecule has 0 aliphatic carbocycles. The van der Waals surface area contributed by atoms with Crippen molar-refractivity contribution in [2.45, 2.75) is 58.7 Å². The van der Waals surface area contributed by atoms with Gasteiger partial charge in [-0.05, 0) is 63.1 Å². The van der Waals surface area contributed by atoms with Crippen LogP contribution in [0.15, 0.2) is 36.4 Å². The van der Waals surface area contributed by atoms with E-state index in [9.17, 15) is 18.4 Å². The Kier molecular flexibility index (Phi) is 8.66. The summed E-state index contributed by atoms with van der Waals surface area (Å²) in [5.41, 5.74) is 0.207. The Labute approximate surface area is 196 Å².